The molecule has 0 bridgehead atoms. The molecule has 4 nitrogen and oxygen atoms in total. The first-order valence-electron chi connectivity index (χ1n) is 9.26. The van der Waals surface area contributed by atoms with Crippen LogP contribution in [0.1, 0.15) is 37.7 Å². The monoisotopic (exact) mass is 350 g/mol. The van der Waals surface area contributed by atoms with Gasteiger partial charge in [-0.3, -0.25) is 4.79 Å². The molecule has 5 heteroatoms. The predicted molar refractivity (Wildman–Crippen MR) is 99.0 cm³/mol. The molecule has 3 rings (SSSR count). The van der Waals surface area contributed by atoms with Gasteiger partial charge < -0.3 is 15.1 Å². The number of nitrogens with zero attached hydrogens (tertiary/aromatic N) is 1. The van der Waals surface area contributed by atoms with Gasteiger partial charge in [0.25, 0.3) is 5.91 Å². The van der Waals surface area contributed by atoms with Crippen molar-refractivity contribution < 1.29 is 9.69 Å². The van der Waals surface area contributed by atoms with Gasteiger partial charge in [0.2, 0.25) is 0 Å². The lowest BCUT2D eigenvalue weighted by Gasteiger charge is -2.34. The minimum Gasteiger partial charge on any atom is -0.360 e. The van der Waals surface area contributed by atoms with Crippen LogP contribution in [0.25, 0.3) is 0 Å². The van der Waals surface area contributed by atoms with E-state index in [1.807, 2.05) is 6.07 Å². The van der Waals surface area contributed by atoms with Crippen LogP contribution >= 0.6 is 11.6 Å². The van der Waals surface area contributed by atoms with Gasteiger partial charge in [-0.05, 0) is 37.5 Å². The van der Waals surface area contributed by atoms with Crippen molar-refractivity contribution in [1.29, 1.82) is 0 Å². The minimum atomic E-state index is 0.226. The van der Waals surface area contributed by atoms with Crippen LogP contribution in [0.15, 0.2) is 18.2 Å². The van der Waals surface area contributed by atoms with Crippen LogP contribution in [0.2, 0.25) is 5.02 Å². The lowest BCUT2D eigenvalue weighted by Crippen LogP contribution is -3.16. The largest absolute Gasteiger partial charge is 0.360 e. The highest BCUT2D eigenvalue weighted by Gasteiger charge is 2.24. The number of hydrogen-bond donors (Lipinski definition) is 2. The first-order valence-corrected chi connectivity index (χ1v) is 9.63. The van der Waals surface area contributed by atoms with Crippen molar-refractivity contribution in [1.82, 2.24) is 5.32 Å². The Bertz CT molecular complexity index is 564. The Balaban J connectivity index is 1.46. The normalized spacial score (nSPS) is 20.2. The molecule has 0 spiro atoms. The standard InChI is InChI=1S/C19H28ClN3O/c1-15-7-8-16(20)13-18(15)23-11-9-22(10-12-23)14-19(24)21-17-5-3-2-4-6-17/h7-8,13,17H,2-6,9-12,14H2,1H3,(H,21,24)/p+1. The fourth-order valence-electron chi connectivity index (χ4n) is 3.92. The third-order valence-corrected chi connectivity index (χ3v) is 5.60. The van der Waals surface area contributed by atoms with Crippen LogP contribution in [0.3, 0.4) is 0 Å². The van der Waals surface area contributed by atoms with Gasteiger partial charge in [0.1, 0.15) is 0 Å². The predicted octanol–water partition coefficient (Wildman–Crippen LogP) is 1.80. The van der Waals surface area contributed by atoms with Crippen molar-refractivity contribution in [3.8, 4) is 0 Å². The van der Waals surface area contributed by atoms with Gasteiger partial charge in [-0.25, -0.2) is 0 Å². The number of hydrogen-bond acceptors (Lipinski definition) is 2. The molecule has 0 aromatic heterocycles. The van der Waals surface area contributed by atoms with Crippen LogP contribution in [-0.2, 0) is 4.79 Å². The molecule has 2 fully saturated rings. The van der Waals surface area contributed by atoms with Gasteiger partial charge in [-0.1, -0.05) is 36.9 Å². The third kappa shape index (κ3) is 4.64. The summed E-state index contributed by atoms with van der Waals surface area (Å²) >= 11 is 6.14. The van der Waals surface area contributed by atoms with Gasteiger partial charge >= 0.3 is 0 Å². The van der Waals surface area contributed by atoms with Gasteiger partial charge in [0.05, 0.1) is 26.2 Å². The Morgan fingerprint density at radius 2 is 1.96 bits per heavy atom. The molecule has 1 aliphatic carbocycles. The SMILES string of the molecule is Cc1ccc(Cl)cc1N1CC[NH+](CC(=O)NC2CCCCC2)CC1. The number of carbonyl (C=O) groups excluding carboxylic acids is 1. The van der Waals surface area contributed by atoms with Crippen LogP contribution < -0.4 is 15.1 Å². The van der Waals surface area contributed by atoms with Gasteiger partial charge in [-0.2, -0.15) is 0 Å². The first kappa shape index (κ1) is 17.6. The molecule has 2 N–H and O–H groups in total. The summed E-state index contributed by atoms with van der Waals surface area (Å²) in [5.74, 6) is 0.226. The zero-order chi connectivity index (χ0) is 16.9. The molecular formula is C19H29ClN3O+. The summed E-state index contributed by atoms with van der Waals surface area (Å²) in [6.45, 7) is 6.70. The van der Waals surface area contributed by atoms with E-state index in [0.29, 0.717) is 12.6 Å². The Kier molecular flexibility index (Phi) is 6.01. The topological polar surface area (TPSA) is 36.8 Å². The second-order valence-corrected chi connectivity index (χ2v) is 7.68. The molecule has 0 atom stereocenters. The van der Waals surface area contributed by atoms with E-state index in [0.717, 1.165) is 44.0 Å². The number of rotatable bonds is 4. The van der Waals surface area contributed by atoms with Crippen molar-refractivity contribution in [2.24, 2.45) is 0 Å². The molecule has 1 saturated heterocycles. The number of nitrogens with one attached hydrogen (secondary N) is 2. The summed E-state index contributed by atoms with van der Waals surface area (Å²) in [5, 5.41) is 4.02. The lowest BCUT2D eigenvalue weighted by molar-refractivity contribution is -0.892. The molecule has 0 unspecified atom stereocenters. The number of benzene rings is 1. The molecule has 1 aromatic rings. The van der Waals surface area contributed by atoms with E-state index >= 15 is 0 Å². The molecule has 132 valence electrons. The number of carbonyl (C=O) groups is 1. The molecule has 1 saturated carbocycles. The summed E-state index contributed by atoms with van der Waals surface area (Å²) in [5.41, 5.74) is 2.49. The Morgan fingerprint density at radius 1 is 1.25 bits per heavy atom. The summed E-state index contributed by atoms with van der Waals surface area (Å²) in [6.07, 6.45) is 6.15. The molecular weight excluding hydrogens is 322 g/mol. The van der Waals surface area contributed by atoms with Gasteiger partial charge in [0.15, 0.2) is 6.54 Å². The summed E-state index contributed by atoms with van der Waals surface area (Å²) in [4.78, 5) is 16.0. The molecule has 1 aliphatic heterocycles. The average Bonchev–Trinajstić information content (AvgIpc) is 2.59. The van der Waals surface area contributed by atoms with Crippen LogP contribution in [-0.4, -0.2) is 44.7 Å². The summed E-state index contributed by atoms with van der Waals surface area (Å²) in [7, 11) is 0. The highest BCUT2D eigenvalue weighted by Crippen LogP contribution is 2.24. The zero-order valence-corrected chi connectivity index (χ0v) is 15.4. The van der Waals surface area contributed by atoms with E-state index in [-0.39, 0.29) is 5.91 Å². The van der Waals surface area contributed by atoms with Crippen LogP contribution in [0, 0.1) is 6.92 Å². The maximum Gasteiger partial charge on any atom is 0.275 e. The quantitative estimate of drug-likeness (QED) is 0.868. The van der Waals surface area contributed by atoms with Crippen LogP contribution in [0.5, 0.6) is 0 Å². The molecule has 1 heterocycles. The van der Waals surface area contributed by atoms with Crippen molar-refractivity contribution in [2.75, 3.05) is 37.6 Å². The van der Waals surface area contributed by atoms with E-state index in [1.54, 1.807) is 0 Å². The number of halogens is 1. The van der Waals surface area contributed by atoms with Gasteiger partial charge in [-0.15, -0.1) is 0 Å². The van der Waals surface area contributed by atoms with Crippen LogP contribution in [0.4, 0.5) is 5.69 Å². The number of piperazine rings is 1. The van der Waals surface area contributed by atoms with Crippen molar-refractivity contribution in [2.45, 2.75) is 45.1 Å². The minimum absolute atomic E-state index is 0.226. The van der Waals surface area contributed by atoms with Crippen molar-refractivity contribution in [3.63, 3.8) is 0 Å². The maximum absolute atomic E-state index is 12.3. The highest BCUT2D eigenvalue weighted by atomic mass is 35.5. The van der Waals surface area contributed by atoms with Gasteiger partial charge in [0, 0.05) is 16.8 Å². The maximum atomic E-state index is 12.3. The Morgan fingerprint density at radius 3 is 2.67 bits per heavy atom. The second kappa shape index (κ2) is 8.21. The summed E-state index contributed by atoms with van der Waals surface area (Å²) < 4.78 is 0. The fraction of sp³-hybridized carbons (Fsp3) is 0.632. The number of amides is 1. The molecule has 1 amide bonds. The van der Waals surface area contributed by atoms with Crippen molar-refractivity contribution in [3.05, 3.63) is 28.8 Å². The highest BCUT2D eigenvalue weighted by molar-refractivity contribution is 6.30. The smallest absolute Gasteiger partial charge is 0.275 e. The van der Waals surface area contributed by atoms with E-state index in [2.05, 4.69) is 29.3 Å². The first-order chi connectivity index (χ1) is 11.6. The fourth-order valence-corrected chi connectivity index (χ4v) is 4.08. The third-order valence-electron chi connectivity index (χ3n) is 5.36. The Hall–Kier alpha value is -1.26. The van der Waals surface area contributed by atoms with E-state index in [9.17, 15) is 4.79 Å². The number of quaternary nitrogens is 1. The number of anilines is 1. The van der Waals surface area contributed by atoms with Crippen molar-refractivity contribution >= 4 is 23.2 Å². The van der Waals surface area contributed by atoms with E-state index < -0.39 is 0 Å². The second-order valence-electron chi connectivity index (χ2n) is 7.25. The molecule has 24 heavy (non-hydrogen) atoms. The average molecular weight is 351 g/mol. The Labute approximate surface area is 150 Å². The molecule has 2 aliphatic rings. The number of aryl methyl sites for hydroxylation is 1. The van der Waals surface area contributed by atoms with E-state index in [4.69, 9.17) is 11.6 Å². The lowest BCUT2D eigenvalue weighted by atomic mass is 9.95. The summed E-state index contributed by atoms with van der Waals surface area (Å²) in [6, 6.07) is 6.49. The van der Waals surface area contributed by atoms with E-state index in [1.165, 1.54) is 35.4 Å². The molecule has 0 radical (unpaired) electrons. The zero-order valence-electron chi connectivity index (χ0n) is 14.6. The molecule has 1 aromatic carbocycles.